The van der Waals surface area contributed by atoms with Gasteiger partial charge in [-0.2, -0.15) is 0 Å². The molecule has 3 nitrogen and oxygen atoms in total. The van der Waals surface area contributed by atoms with Crippen LogP contribution in [0.4, 0.5) is 0 Å². The third kappa shape index (κ3) is 5.41. The molecule has 2 rings (SSSR count). The third-order valence-electron chi connectivity index (χ3n) is 4.20. The fraction of sp³-hybridized carbons (Fsp3) is 0.381. The summed E-state index contributed by atoms with van der Waals surface area (Å²) < 4.78 is 5.32. The van der Waals surface area contributed by atoms with E-state index in [0.717, 1.165) is 24.2 Å². The van der Waals surface area contributed by atoms with Crippen molar-refractivity contribution in [2.24, 2.45) is 0 Å². The minimum Gasteiger partial charge on any atom is -0.496 e. The van der Waals surface area contributed by atoms with E-state index < -0.39 is 0 Å². The van der Waals surface area contributed by atoms with E-state index in [4.69, 9.17) is 4.74 Å². The molecule has 2 aromatic carbocycles. The molecular weight excluding hydrogens is 298 g/mol. The Kier molecular flexibility index (Phi) is 6.86. The maximum Gasteiger partial charge on any atom is 0.220 e. The van der Waals surface area contributed by atoms with E-state index >= 15 is 0 Å². The van der Waals surface area contributed by atoms with Gasteiger partial charge >= 0.3 is 0 Å². The predicted molar refractivity (Wildman–Crippen MR) is 98.6 cm³/mol. The number of hydrogen-bond acceptors (Lipinski definition) is 2. The van der Waals surface area contributed by atoms with Gasteiger partial charge in [0.1, 0.15) is 5.75 Å². The number of para-hydroxylation sites is 1. The second-order valence-corrected chi connectivity index (χ2v) is 6.31. The lowest BCUT2D eigenvalue weighted by Gasteiger charge is -2.09. The molecule has 0 atom stereocenters. The summed E-state index contributed by atoms with van der Waals surface area (Å²) in [5.74, 6) is 1.51. The van der Waals surface area contributed by atoms with Crippen molar-refractivity contribution in [1.29, 1.82) is 0 Å². The van der Waals surface area contributed by atoms with Crippen molar-refractivity contribution >= 4 is 5.91 Å². The van der Waals surface area contributed by atoms with Crippen molar-refractivity contribution in [3.8, 4) is 5.75 Å². The molecule has 24 heavy (non-hydrogen) atoms. The standard InChI is InChI=1S/C21H27NO2/c1-16(2)18-11-8-17(9-12-18)10-13-21(23)22-15-14-19-6-4-5-7-20(19)24-3/h4-9,11-12,16H,10,13-15H2,1-3H3,(H,22,23). The van der Waals surface area contributed by atoms with Crippen LogP contribution < -0.4 is 10.1 Å². The molecule has 0 fully saturated rings. The summed E-state index contributed by atoms with van der Waals surface area (Å²) in [5, 5.41) is 2.99. The fourth-order valence-corrected chi connectivity index (χ4v) is 2.66. The maximum atomic E-state index is 12.0. The van der Waals surface area contributed by atoms with Crippen molar-refractivity contribution in [3.05, 3.63) is 65.2 Å². The molecule has 0 aliphatic heterocycles. The fourth-order valence-electron chi connectivity index (χ4n) is 2.66. The van der Waals surface area contributed by atoms with E-state index in [9.17, 15) is 4.79 Å². The molecule has 1 N–H and O–H groups in total. The quantitative estimate of drug-likeness (QED) is 0.793. The average molecular weight is 325 g/mol. The van der Waals surface area contributed by atoms with Gasteiger partial charge in [-0.05, 0) is 41.5 Å². The topological polar surface area (TPSA) is 38.3 Å². The number of methoxy groups -OCH3 is 1. The van der Waals surface area contributed by atoms with E-state index in [1.165, 1.54) is 11.1 Å². The molecule has 0 saturated heterocycles. The largest absolute Gasteiger partial charge is 0.496 e. The Morgan fingerprint density at radius 1 is 1.04 bits per heavy atom. The first-order valence-electron chi connectivity index (χ1n) is 8.57. The molecule has 0 aliphatic carbocycles. The molecule has 0 bridgehead atoms. The van der Waals surface area contributed by atoms with Crippen LogP contribution in [0, 0.1) is 0 Å². The number of ether oxygens (including phenoxy) is 1. The van der Waals surface area contributed by atoms with Crippen LogP contribution in [0.15, 0.2) is 48.5 Å². The highest BCUT2D eigenvalue weighted by Gasteiger charge is 2.05. The average Bonchev–Trinajstić information content (AvgIpc) is 2.60. The highest BCUT2D eigenvalue weighted by molar-refractivity contribution is 5.76. The Balaban J connectivity index is 1.73. The van der Waals surface area contributed by atoms with E-state index in [-0.39, 0.29) is 5.91 Å². The Morgan fingerprint density at radius 2 is 1.75 bits per heavy atom. The van der Waals surface area contributed by atoms with Gasteiger partial charge in [-0.3, -0.25) is 4.79 Å². The molecule has 0 saturated carbocycles. The summed E-state index contributed by atoms with van der Waals surface area (Å²) in [5.41, 5.74) is 3.66. The summed E-state index contributed by atoms with van der Waals surface area (Å²) in [6.45, 7) is 5.00. The lowest BCUT2D eigenvalue weighted by molar-refractivity contribution is -0.121. The number of hydrogen-bond donors (Lipinski definition) is 1. The van der Waals surface area contributed by atoms with Crippen LogP contribution in [0.5, 0.6) is 5.75 Å². The van der Waals surface area contributed by atoms with Crippen LogP contribution in [0.3, 0.4) is 0 Å². The molecule has 0 heterocycles. The summed E-state index contributed by atoms with van der Waals surface area (Å²) >= 11 is 0. The highest BCUT2D eigenvalue weighted by atomic mass is 16.5. The normalized spacial score (nSPS) is 10.7. The van der Waals surface area contributed by atoms with Crippen LogP contribution in [0.2, 0.25) is 0 Å². The molecule has 1 amide bonds. The van der Waals surface area contributed by atoms with E-state index in [1.807, 2.05) is 24.3 Å². The van der Waals surface area contributed by atoms with Gasteiger partial charge in [-0.1, -0.05) is 56.3 Å². The van der Waals surface area contributed by atoms with Gasteiger partial charge in [-0.25, -0.2) is 0 Å². The molecular formula is C21H27NO2. The number of nitrogens with one attached hydrogen (secondary N) is 1. The first-order valence-corrected chi connectivity index (χ1v) is 8.57. The Bertz CT molecular complexity index is 647. The van der Waals surface area contributed by atoms with Crippen LogP contribution in [-0.4, -0.2) is 19.6 Å². The van der Waals surface area contributed by atoms with E-state index in [2.05, 4.69) is 43.4 Å². The smallest absolute Gasteiger partial charge is 0.220 e. The van der Waals surface area contributed by atoms with Gasteiger partial charge in [0.25, 0.3) is 0 Å². The lowest BCUT2D eigenvalue weighted by atomic mass is 10.0. The van der Waals surface area contributed by atoms with Crippen molar-refractivity contribution in [3.63, 3.8) is 0 Å². The summed E-state index contributed by atoms with van der Waals surface area (Å²) in [7, 11) is 1.67. The lowest BCUT2D eigenvalue weighted by Crippen LogP contribution is -2.26. The Morgan fingerprint density at radius 3 is 2.42 bits per heavy atom. The molecule has 2 aromatic rings. The number of benzene rings is 2. The zero-order chi connectivity index (χ0) is 17.4. The molecule has 0 aliphatic rings. The second-order valence-electron chi connectivity index (χ2n) is 6.31. The van der Waals surface area contributed by atoms with Crippen LogP contribution >= 0.6 is 0 Å². The third-order valence-corrected chi connectivity index (χ3v) is 4.20. The van der Waals surface area contributed by atoms with Crippen LogP contribution in [0.25, 0.3) is 0 Å². The SMILES string of the molecule is COc1ccccc1CCNC(=O)CCc1ccc(C(C)C)cc1. The summed E-state index contributed by atoms with van der Waals surface area (Å²) in [4.78, 5) is 12.0. The Labute approximate surface area is 145 Å². The molecule has 0 spiro atoms. The minimum atomic E-state index is 0.0952. The molecule has 0 radical (unpaired) electrons. The van der Waals surface area contributed by atoms with Gasteiger partial charge < -0.3 is 10.1 Å². The van der Waals surface area contributed by atoms with E-state index in [0.29, 0.717) is 18.9 Å². The van der Waals surface area contributed by atoms with Gasteiger partial charge in [0.05, 0.1) is 7.11 Å². The predicted octanol–water partition coefficient (Wildman–Crippen LogP) is 4.11. The number of aryl methyl sites for hydroxylation is 1. The van der Waals surface area contributed by atoms with Gasteiger partial charge in [0, 0.05) is 13.0 Å². The minimum absolute atomic E-state index is 0.0952. The zero-order valence-corrected chi connectivity index (χ0v) is 14.8. The number of carbonyl (C=O) groups is 1. The number of rotatable bonds is 8. The molecule has 0 aromatic heterocycles. The summed E-state index contributed by atoms with van der Waals surface area (Å²) in [6, 6.07) is 16.5. The van der Waals surface area contributed by atoms with Crippen LogP contribution in [0.1, 0.15) is 42.9 Å². The van der Waals surface area contributed by atoms with Gasteiger partial charge in [0.15, 0.2) is 0 Å². The Hall–Kier alpha value is -2.29. The molecule has 3 heteroatoms. The van der Waals surface area contributed by atoms with Gasteiger partial charge in [0.2, 0.25) is 5.91 Å². The van der Waals surface area contributed by atoms with Crippen LogP contribution in [-0.2, 0) is 17.6 Å². The van der Waals surface area contributed by atoms with E-state index in [1.54, 1.807) is 7.11 Å². The van der Waals surface area contributed by atoms with Crippen molar-refractivity contribution in [1.82, 2.24) is 5.32 Å². The summed E-state index contributed by atoms with van der Waals surface area (Å²) in [6.07, 6.45) is 2.07. The monoisotopic (exact) mass is 325 g/mol. The van der Waals surface area contributed by atoms with Crippen molar-refractivity contribution < 1.29 is 9.53 Å². The number of amides is 1. The first-order chi connectivity index (χ1) is 11.6. The van der Waals surface area contributed by atoms with Gasteiger partial charge in [-0.15, -0.1) is 0 Å². The zero-order valence-electron chi connectivity index (χ0n) is 14.8. The molecule has 0 unspecified atom stereocenters. The highest BCUT2D eigenvalue weighted by Crippen LogP contribution is 2.17. The molecule has 128 valence electrons. The first kappa shape index (κ1) is 18.1. The maximum absolute atomic E-state index is 12.0. The number of carbonyl (C=O) groups excluding carboxylic acids is 1. The second kappa shape index (κ2) is 9.11. The van der Waals surface area contributed by atoms with Crippen molar-refractivity contribution in [2.45, 2.75) is 39.0 Å². The van der Waals surface area contributed by atoms with Crippen molar-refractivity contribution in [2.75, 3.05) is 13.7 Å².